The van der Waals surface area contributed by atoms with E-state index in [0.717, 1.165) is 12.8 Å². The van der Waals surface area contributed by atoms with Crippen LogP contribution in [-0.4, -0.2) is 37.7 Å². The van der Waals surface area contributed by atoms with Crippen molar-refractivity contribution in [2.45, 2.75) is 12.8 Å². The Morgan fingerprint density at radius 2 is 2.21 bits per heavy atom. The molecule has 1 saturated carbocycles. The van der Waals surface area contributed by atoms with E-state index in [1.165, 1.54) is 13.4 Å². The monoisotopic (exact) mass is 324 g/mol. The number of nitrogens with one attached hydrogen (secondary N) is 1. The number of carbonyl (C=O) groups excluding carboxylic acids is 1. The predicted molar refractivity (Wildman–Crippen MR) is 87.4 cm³/mol. The minimum atomic E-state index is -0.0311. The van der Waals surface area contributed by atoms with Crippen LogP contribution in [-0.2, 0) is 11.8 Å². The normalized spacial score (nSPS) is 13.9. The number of aromatic nitrogens is 5. The van der Waals surface area contributed by atoms with Gasteiger partial charge in [-0.25, -0.2) is 15.0 Å². The summed E-state index contributed by atoms with van der Waals surface area (Å²) in [5.74, 6) is 0.905. The number of amides is 1. The minimum Gasteiger partial charge on any atom is -0.493 e. The highest BCUT2D eigenvalue weighted by Gasteiger charge is 2.30. The number of ether oxygens (including phenoxy) is 1. The topological polar surface area (TPSA) is 94.8 Å². The lowest BCUT2D eigenvalue weighted by atomic mass is 10.2. The van der Waals surface area contributed by atoms with Gasteiger partial charge in [0.05, 0.1) is 12.6 Å². The van der Waals surface area contributed by atoms with Crippen LogP contribution in [0.5, 0.6) is 5.75 Å². The zero-order valence-electron chi connectivity index (χ0n) is 13.4. The molecule has 4 rings (SSSR count). The van der Waals surface area contributed by atoms with Crippen LogP contribution in [0.3, 0.4) is 0 Å². The van der Waals surface area contributed by atoms with E-state index < -0.39 is 0 Å². The van der Waals surface area contributed by atoms with Crippen LogP contribution in [0.15, 0.2) is 24.7 Å². The molecule has 1 N–H and O–H groups in total. The third-order valence-corrected chi connectivity index (χ3v) is 3.94. The molecule has 0 bridgehead atoms. The molecule has 24 heavy (non-hydrogen) atoms. The molecule has 1 aliphatic rings. The smallest absolute Gasteiger partial charge is 0.228 e. The van der Waals surface area contributed by atoms with E-state index in [-0.39, 0.29) is 11.8 Å². The molecule has 0 saturated heterocycles. The number of hydrogen-bond acceptors (Lipinski definition) is 6. The van der Waals surface area contributed by atoms with E-state index in [1.807, 2.05) is 19.3 Å². The summed E-state index contributed by atoms with van der Waals surface area (Å²) in [6, 6.07) is 3.61. The molecular formula is C16H16N6O2. The Kier molecular flexibility index (Phi) is 3.37. The van der Waals surface area contributed by atoms with Crippen LogP contribution in [0.4, 0.5) is 5.82 Å². The van der Waals surface area contributed by atoms with Crippen molar-refractivity contribution in [3.8, 4) is 17.1 Å². The van der Waals surface area contributed by atoms with Crippen molar-refractivity contribution in [2.75, 3.05) is 12.4 Å². The molecule has 0 aromatic carbocycles. The number of hydrogen-bond donors (Lipinski definition) is 1. The van der Waals surface area contributed by atoms with Gasteiger partial charge in [-0.1, -0.05) is 0 Å². The molecule has 0 spiro atoms. The number of carbonyl (C=O) groups is 1. The second kappa shape index (κ2) is 5.55. The van der Waals surface area contributed by atoms with E-state index in [2.05, 4.69) is 25.4 Å². The van der Waals surface area contributed by atoms with Crippen LogP contribution in [0.2, 0.25) is 0 Å². The van der Waals surface area contributed by atoms with E-state index in [0.29, 0.717) is 34.0 Å². The fraction of sp³-hybridized carbons (Fsp3) is 0.312. The fourth-order valence-corrected chi connectivity index (χ4v) is 2.51. The Bertz CT molecular complexity index is 931. The molecule has 8 heteroatoms. The van der Waals surface area contributed by atoms with Gasteiger partial charge in [0.15, 0.2) is 11.6 Å². The summed E-state index contributed by atoms with van der Waals surface area (Å²) < 4.78 is 7.04. The van der Waals surface area contributed by atoms with Crippen molar-refractivity contribution in [1.82, 2.24) is 24.7 Å². The maximum atomic E-state index is 12.1. The van der Waals surface area contributed by atoms with Gasteiger partial charge >= 0.3 is 0 Å². The predicted octanol–water partition coefficient (Wildman–Crippen LogP) is 1.78. The van der Waals surface area contributed by atoms with Crippen molar-refractivity contribution in [3.63, 3.8) is 0 Å². The first-order chi connectivity index (χ1) is 11.7. The highest BCUT2D eigenvalue weighted by Crippen LogP contribution is 2.33. The second-order valence-electron chi connectivity index (χ2n) is 5.77. The standard InChI is InChI=1S/C16H16N6O2/c1-22-6-5-10(21-22)13-14-11(17-8-18-13)7-12(24-2)15(19-14)20-16(23)9-3-4-9/h5-9H,3-4H2,1-2H3,(H,19,20,23). The lowest BCUT2D eigenvalue weighted by molar-refractivity contribution is -0.117. The zero-order valence-corrected chi connectivity index (χ0v) is 13.4. The summed E-state index contributed by atoms with van der Waals surface area (Å²) in [6.45, 7) is 0. The van der Waals surface area contributed by atoms with Crippen molar-refractivity contribution < 1.29 is 9.53 Å². The molecule has 0 aliphatic heterocycles. The third kappa shape index (κ3) is 2.55. The molecule has 3 aromatic rings. The van der Waals surface area contributed by atoms with Gasteiger partial charge in [-0.3, -0.25) is 9.48 Å². The maximum Gasteiger partial charge on any atom is 0.228 e. The van der Waals surface area contributed by atoms with Gasteiger partial charge in [-0.15, -0.1) is 0 Å². The number of methoxy groups -OCH3 is 1. The average molecular weight is 324 g/mol. The van der Waals surface area contributed by atoms with Crippen molar-refractivity contribution in [3.05, 3.63) is 24.7 Å². The molecular weight excluding hydrogens is 308 g/mol. The molecule has 0 unspecified atom stereocenters. The molecule has 8 nitrogen and oxygen atoms in total. The maximum absolute atomic E-state index is 12.1. The molecule has 1 amide bonds. The number of anilines is 1. The van der Waals surface area contributed by atoms with E-state index in [4.69, 9.17) is 4.74 Å². The van der Waals surface area contributed by atoms with Crippen LogP contribution in [0, 0.1) is 5.92 Å². The number of rotatable bonds is 4. The molecule has 1 aliphatic carbocycles. The Hall–Kier alpha value is -3.03. The first kappa shape index (κ1) is 14.6. The highest BCUT2D eigenvalue weighted by atomic mass is 16.5. The van der Waals surface area contributed by atoms with Gasteiger partial charge in [0.2, 0.25) is 5.91 Å². The molecule has 0 radical (unpaired) electrons. The summed E-state index contributed by atoms with van der Waals surface area (Å²) in [7, 11) is 3.38. The van der Waals surface area contributed by atoms with Gasteiger partial charge in [0, 0.05) is 25.2 Å². The number of pyridine rings is 1. The summed E-state index contributed by atoms with van der Waals surface area (Å²) >= 11 is 0. The summed E-state index contributed by atoms with van der Waals surface area (Å²) in [6.07, 6.45) is 5.15. The van der Waals surface area contributed by atoms with Crippen LogP contribution < -0.4 is 10.1 Å². The summed E-state index contributed by atoms with van der Waals surface area (Å²) in [5, 5.41) is 7.21. The largest absolute Gasteiger partial charge is 0.493 e. The van der Waals surface area contributed by atoms with Crippen molar-refractivity contribution >= 4 is 22.8 Å². The SMILES string of the molecule is COc1cc2ncnc(-c3ccn(C)n3)c2nc1NC(=O)C1CC1. The van der Waals surface area contributed by atoms with E-state index in [1.54, 1.807) is 10.7 Å². The van der Waals surface area contributed by atoms with Crippen LogP contribution >= 0.6 is 0 Å². The Morgan fingerprint density at radius 1 is 1.38 bits per heavy atom. The van der Waals surface area contributed by atoms with Gasteiger partial charge in [-0.2, -0.15) is 5.10 Å². The fourth-order valence-electron chi connectivity index (χ4n) is 2.51. The summed E-state index contributed by atoms with van der Waals surface area (Å²) in [5.41, 5.74) is 2.52. The van der Waals surface area contributed by atoms with Crippen LogP contribution in [0.25, 0.3) is 22.4 Å². The van der Waals surface area contributed by atoms with E-state index >= 15 is 0 Å². The number of nitrogens with zero attached hydrogens (tertiary/aromatic N) is 5. The summed E-state index contributed by atoms with van der Waals surface area (Å²) in [4.78, 5) is 25.2. The first-order valence-electron chi connectivity index (χ1n) is 7.66. The molecule has 0 atom stereocenters. The van der Waals surface area contributed by atoms with Gasteiger partial charge in [-0.05, 0) is 18.9 Å². The molecule has 3 heterocycles. The Morgan fingerprint density at radius 3 is 2.88 bits per heavy atom. The van der Waals surface area contributed by atoms with Crippen LogP contribution in [0.1, 0.15) is 12.8 Å². The number of aryl methyl sites for hydroxylation is 1. The zero-order chi connectivity index (χ0) is 16.7. The van der Waals surface area contributed by atoms with Crippen molar-refractivity contribution in [1.29, 1.82) is 0 Å². The van der Waals surface area contributed by atoms with Crippen molar-refractivity contribution in [2.24, 2.45) is 13.0 Å². The first-order valence-corrected chi connectivity index (χ1v) is 7.66. The Labute approximate surface area is 137 Å². The van der Waals surface area contributed by atoms with E-state index in [9.17, 15) is 4.79 Å². The average Bonchev–Trinajstić information content (AvgIpc) is 3.35. The Balaban J connectivity index is 1.84. The second-order valence-corrected chi connectivity index (χ2v) is 5.77. The molecule has 1 fully saturated rings. The lowest BCUT2D eigenvalue weighted by Gasteiger charge is -2.11. The van der Waals surface area contributed by atoms with Gasteiger partial charge in [0.25, 0.3) is 0 Å². The lowest BCUT2D eigenvalue weighted by Crippen LogP contribution is -2.15. The quantitative estimate of drug-likeness (QED) is 0.786. The minimum absolute atomic E-state index is 0.0311. The third-order valence-electron chi connectivity index (χ3n) is 3.94. The highest BCUT2D eigenvalue weighted by molar-refractivity contribution is 5.97. The van der Waals surface area contributed by atoms with Gasteiger partial charge < -0.3 is 10.1 Å². The molecule has 3 aromatic heterocycles. The molecule has 122 valence electrons. The van der Waals surface area contributed by atoms with Gasteiger partial charge in [0.1, 0.15) is 23.2 Å². The number of fused-ring (bicyclic) bond motifs is 1.